The topological polar surface area (TPSA) is 49.4 Å². The monoisotopic (exact) mass is 238 g/mol. The van der Waals surface area contributed by atoms with E-state index in [0.29, 0.717) is 12.8 Å². The van der Waals surface area contributed by atoms with Gasteiger partial charge in [-0.2, -0.15) is 0 Å². The molecule has 0 aromatic heterocycles. The summed E-state index contributed by atoms with van der Waals surface area (Å²) in [6, 6.07) is -0.412. The van der Waals surface area contributed by atoms with Gasteiger partial charge in [0.25, 0.3) is 0 Å². The summed E-state index contributed by atoms with van der Waals surface area (Å²) in [4.78, 5) is 25.3. The van der Waals surface area contributed by atoms with Crippen LogP contribution in [0.5, 0.6) is 0 Å². The fourth-order valence-electron chi connectivity index (χ4n) is 2.00. The first-order valence-electron chi connectivity index (χ1n) is 6.34. The number of piperidine rings is 1. The minimum absolute atomic E-state index is 0.0386. The molecule has 1 fully saturated rings. The Morgan fingerprint density at radius 3 is 2.59 bits per heavy atom. The zero-order valence-electron chi connectivity index (χ0n) is 10.6. The van der Waals surface area contributed by atoms with Crippen LogP contribution in [0.4, 0.5) is 0 Å². The van der Waals surface area contributed by atoms with Crippen molar-refractivity contribution in [3.63, 3.8) is 0 Å². The molecule has 0 aromatic carbocycles. The molecule has 1 atom stereocenters. The molecule has 0 spiro atoms. The lowest BCUT2D eigenvalue weighted by Crippen LogP contribution is -2.48. The predicted molar refractivity (Wildman–Crippen MR) is 67.5 cm³/mol. The third-order valence-electron chi connectivity index (χ3n) is 2.99. The van der Waals surface area contributed by atoms with E-state index in [2.05, 4.69) is 11.9 Å². The molecular formula is C13H22N2O2. The summed E-state index contributed by atoms with van der Waals surface area (Å²) in [5, 5.41) is 2.73. The van der Waals surface area contributed by atoms with E-state index in [4.69, 9.17) is 0 Å². The van der Waals surface area contributed by atoms with E-state index in [-0.39, 0.29) is 11.8 Å². The third kappa shape index (κ3) is 4.59. The van der Waals surface area contributed by atoms with Crippen molar-refractivity contribution in [2.24, 2.45) is 0 Å². The zero-order chi connectivity index (χ0) is 12.7. The number of carbonyl (C=O) groups is 2. The van der Waals surface area contributed by atoms with Gasteiger partial charge in [0, 0.05) is 19.5 Å². The Morgan fingerprint density at radius 2 is 2.00 bits per heavy atom. The van der Waals surface area contributed by atoms with E-state index < -0.39 is 6.04 Å². The van der Waals surface area contributed by atoms with E-state index in [1.165, 1.54) is 6.42 Å². The van der Waals surface area contributed by atoms with E-state index in [1.807, 2.05) is 4.90 Å². The molecule has 96 valence electrons. The smallest absolute Gasteiger partial charge is 0.244 e. The number of rotatable bonds is 5. The summed E-state index contributed by atoms with van der Waals surface area (Å²) in [6.45, 7) is 6.97. The summed E-state index contributed by atoms with van der Waals surface area (Å²) in [6.07, 6.45) is 6.10. The summed E-state index contributed by atoms with van der Waals surface area (Å²) in [5.74, 6) is -0.0422. The minimum atomic E-state index is -0.412. The summed E-state index contributed by atoms with van der Waals surface area (Å²) < 4.78 is 0. The van der Waals surface area contributed by atoms with Gasteiger partial charge in [0.2, 0.25) is 11.8 Å². The van der Waals surface area contributed by atoms with Crippen molar-refractivity contribution >= 4 is 11.8 Å². The van der Waals surface area contributed by atoms with Crippen molar-refractivity contribution in [2.75, 3.05) is 13.1 Å². The van der Waals surface area contributed by atoms with E-state index in [1.54, 1.807) is 13.0 Å². The molecule has 1 aliphatic heterocycles. The van der Waals surface area contributed by atoms with Gasteiger partial charge in [-0.3, -0.25) is 9.59 Å². The maximum absolute atomic E-state index is 12.0. The number of nitrogens with one attached hydrogen (secondary N) is 1. The van der Waals surface area contributed by atoms with Crippen LogP contribution in [-0.2, 0) is 9.59 Å². The molecule has 0 aliphatic carbocycles. The second-order valence-electron chi connectivity index (χ2n) is 4.50. The van der Waals surface area contributed by atoms with Crippen LogP contribution in [0.1, 0.15) is 39.0 Å². The fourth-order valence-corrected chi connectivity index (χ4v) is 2.00. The van der Waals surface area contributed by atoms with Crippen molar-refractivity contribution in [1.29, 1.82) is 0 Å². The van der Waals surface area contributed by atoms with Crippen LogP contribution in [0.15, 0.2) is 12.7 Å². The molecule has 4 nitrogen and oxygen atoms in total. The largest absolute Gasteiger partial charge is 0.345 e. The second kappa shape index (κ2) is 7.09. The molecule has 2 amide bonds. The first-order valence-corrected chi connectivity index (χ1v) is 6.34. The number of likely N-dealkylation sites (tertiary alicyclic amines) is 1. The highest BCUT2D eigenvalue weighted by atomic mass is 16.2. The highest BCUT2D eigenvalue weighted by Gasteiger charge is 2.22. The standard InChI is InChI=1S/C13H22N2O2/c1-3-4-8-12(16)14-11(2)13(17)15-9-6-5-7-10-15/h3,11H,1,4-10H2,2H3,(H,14,16)/t11-/m0/s1. The van der Waals surface area contributed by atoms with Crippen molar-refractivity contribution in [2.45, 2.75) is 45.1 Å². The molecular weight excluding hydrogens is 216 g/mol. The maximum atomic E-state index is 12.0. The van der Waals surface area contributed by atoms with E-state index in [9.17, 15) is 9.59 Å². The average molecular weight is 238 g/mol. The van der Waals surface area contributed by atoms with Crippen LogP contribution in [-0.4, -0.2) is 35.8 Å². The van der Waals surface area contributed by atoms with Gasteiger partial charge < -0.3 is 10.2 Å². The van der Waals surface area contributed by atoms with Gasteiger partial charge in [-0.05, 0) is 32.6 Å². The molecule has 1 saturated heterocycles. The average Bonchev–Trinajstić information content (AvgIpc) is 2.36. The zero-order valence-corrected chi connectivity index (χ0v) is 10.6. The van der Waals surface area contributed by atoms with Crippen LogP contribution < -0.4 is 5.32 Å². The molecule has 0 bridgehead atoms. The second-order valence-corrected chi connectivity index (χ2v) is 4.50. The van der Waals surface area contributed by atoms with Crippen LogP contribution in [0.3, 0.4) is 0 Å². The summed E-state index contributed by atoms with van der Waals surface area (Å²) in [7, 11) is 0. The maximum Gasteiger partial charge on any atom is 0.244 e. The lowest BCUT2D eigenvalue weighted by Gasteiger charge is -2.29. The van der Waals surface area contributed by atoms with Crippen LogP contribution in [0.2, 0.25) is 0 Å². The Balaban J connectivity index is 2.34. The number of hydrogen-bond acceptors (Lipinski definition) is 2. The quantitative estimate of drug-likeness (QED) is 0.737. The Labute approximate surface area is 103 Å². The Bertz CT molecular complexity index is 283. The van der Waals surface area contributed by atoms with E-state index in [0.717, 1.165) is 25.9 Å². The SMILES string of the molecule is C=CCCC(=O)N[C@@H](C)C(=O)N1CCCCC1. The summed E-state index contributed by atoms with van der Waals surface area (Å²) >= 11 is 0. The molecule has 0 aromatic rings. The van der Waals surface area contributed by atoms with Gasteiger partial charge in [0.15, 0.2) is 0 Å². The van der Waals surface area contributed by atoms with Crippen LogP contribution in [0.25, 0.3) is 0 Å². The first-order chi connectivity index (χ1) is 8.15. The van der Waals surface area contributed by atoms with Crippen molar-refractivity contribution in [3.8, 4) is 0 Å². The number of amides is 2. The highest BCUT2D eigenvalue weighted by molar-refractivity contribution is 5.87. The first kappa shape index (κ1) is 13.7. The van der Waals surface area contributed by atoms with Crippen LogP contribution >= 0.6 is 0 Å². The normalized spacial score (nSPS) is 17.4. The third-order valence-corrected chi connectivity index (χ3v) is 2.99. The molecule has 1 heterocycles. The highest BCUT2D eigenvalue weighted by Crippen LogP contribution is 2.10. The minimum Gasteiger partial charge on any atom is -0.345 e. The lowest BCUT2D eigenvalue weighted by atomic mass is 10.1. The van der Waals surface area contributed by atoms with E-state index >= 15 is 0 Å². The fraction of sp³-hybridized carbons (Fsp3) is 0.692. The Kier molecular flexibility index (Phi) is 5.73. The van der Waals surface area contributed by atoms with Gasteiger partial charge in [0.05, 0.1) is 0 Å². The molecule has 0 saturated carbocycles. The van der Waals surface area contributed by atoms with Crippen LogP contribution in [0, 0.1) is 0 Å². The predicted octanol–water partition coefficient (Wildman–Crippen LogP) is 1.47. The molecule has 0 unspecified atom stereocenters. The lowest BCUT2D eigenvalue weighted by molar-refractivity contribution is -0.136. The number of hydrogen-bond donors (Lipinski definition) is 1. The van der Waals surface area contributed by atoms with Crippen molar-refractivity contribution < 1.29 is 9.59 Å². The number of carbonyl (C=O) groups excluding carboxylic acids is 2. The Hall–Kier alpha value is -1.32. The van der Waals surface area contributed by atoms with Crippen molar-refractivity contribution in [1.82, 2.24) is 10.2 Å². The van der Waals surface area contributed by atoms with Gasteiger partial charge >= 0.3 is 0 Å². The molecule has 17 heavy (non-hydrogen) atoms. The Morgan fingerprint density at radius 1 is 1.35 bits per heavy atom. The van der Waals surface area contributed by atoms with Gasteiger partial charge in [-0.1, -0.05) is 6.08 Å². The number of nitrogens with zero attached hydrogens (tertiary/aromatic N) is 1. The summed E-state index contributed by atoms with van der Waals surface area (Å²) in [5.41, 5.74) is 0. The molecule has 1 rings (SSSR count). The molecule has 0 radical (unpaired) electrons. The molecule has 1 N–H and O–H groups in total. The van der Waals surface area contributed by atoms with Gasteiger partial charge in [0.1, 0.15) is 6.04 Å². The van der Waals surface area contributed by atoms with Gasteiger partial charge in [-0.15, -0.1) is 6.58 Å². The van der Waals surface area contributed by atoms with Gasteiger partial charge in [-0.25, -0.2) is 0 Å². The molecule has 1 aliphatic rings. The number of allylic oxidation sites excluding steroid dienone is 1. The molecule has 4 heteroatoms. The van der Waals surface area contributed by atoms with Crippen molar-refractivity contribution in [3.05, 3.63) is 12.7 Å².